The Hall–Kier alpha value is -1.97. The van der Waals surface area contributed by atoms with Crippen LogP contribution in [0.4, 0.5) is 0 Å². The van der Waals surface area contributed by atoms with E-state index in [-0.39, 0.29) is 30.3 Å². The van der Waals surface area contributed by atoms with Crippen LogP contribution in [-0.4, -0.2) is 5.49 Å². The average Bonchev–Trinajstić information content (AvgIpc) is 3.45. The SMILES string of the molecule is CCC1=[C-]C2=CC=CCC(c3ccccc3)C2=C1.CCC1=[C-]C2=CC=CCC(c3ccccc3)C2=C1.C[Si](C)=[Hf+2].[Cl-].[Cl-]. The quantitative estimate of drug-likeness (QED) is 0.322. The van der Waals surface area contributed by atoms with Crippen molar-refractivity contribution in [1.29, 1.82) is 0 Å². The van der Waals surface area contributed by atoms with Crippen LogP contribution in [0.25, 0.3) is 0 Å². The van der Waals surface area contributed by atoms with Crippen molar-refractivity contribution in [2.45, 2.75) is 64.5 Å². The topological polar surface area (TPSA) is 0 Å². The van der Waals surface area contributed by atoms with E-state index in [4.69, 9.17) is 0 Å². The molecule has 216 valence electrons. The molecule has 0 N–H and O–H groups in total. The van der Waals surface area contributed by atoms with Gasteiger partial charge < -0.3 is 24.8 Å². The molecule has 0 aromatic heterocycles. The predicted octanol–water partition coefficient (Wildman–Crippen LogP) is 4.26. The van der Waals surface area contributed by atoms with E-state index in [9.17, 15) is 0 Å². The molecule has 0 aliphatic heterocycles. The molecule has 4 heteroatoms. The van der Waals surface area contributed by atoms with Crippen molar-refractivity contribution in [3.05, 3.63) is 166 Å². The first-order valence-electron chi connectivity index (χ1n) is 14.5. The zero-order valence-corrected chi connectivity index (χ0v) is 31.2. The summed E-state index contributed by atoms with van der Waals surface area (Å²) >= 11 is 1.45. The molecule has 0 nitrogen and oxygen atoms in total. The van der Waals surface area contributed by atoms with E-state index in [1.54, 1.807) is 0 Å². The van der Waals surface area contributed by atoms with Crippen molar-refractivity contribution in [2.24, 2.45) is 0 Å². The molecule has 0 radical (unpaired) electrons. The number of hydrogen-bond acceptors (Lipinski definition) is 0. The molecule has 0 heterocycles. The van der Waals surface area contributed by atoms with Gasteiger partial charge in [-0.3, -0.25) is 0 Å². The smallest absolute Gasteiger partial charge is 1.00 e. The third kappa shape index (κ3) is 10.0. The molecular formula is C38H40Cl2HfSi-2. The van der Waals surface area contributed by atoms with E-state index in [0.29, 0.717) is 11.8 Å². The second-order valence-electron chi connectivity index (χ2n) is 10.6. The molecule has 0 saturated heterocycles. The molecule has 4 aliphatic rings. The summed E-state index contributed by atoms with van der Waals surface area (Å²) in [7, 11) is 0. The molecular weight excluding hydrogens is 734 g/mol. The fourth-order valence-corrected chi connectivity index (χ4v) is 5.34. The molecule has 42 heavy (non-hydrogen) atoms. The van der Waals surface area contributed by atoms with E-state index in [1.807, 2.05) is 0 Å². The molecule has 0 bridgehead atoms. The first kappa shape index (κ1) is 36.2. The zero-order chi connectivity index (χ0) is 28.3. The minimum atomic E-state index is 0. The number of rotatable bonds is 4. The van der Waals surface area contributed by atoms with E-state index in [2.05, 4.69) is 148 Å². The standard InChI is InChI=1S/2C18H17.C2H6Si.2ClH.Hf/c2*1-2-14-12-16-10-6-7-11-17(18(16)13-14)15-8-4-3-5-9-15;1-3-2;;;/h2*3-10,13,17H,2,11H2,1H3;1-2H3;2*1H;/q2*-1;;;;+2/p-2. The van der Waals surface area contributed by atoms with Gasteiger partial charge in [0.1, 0.15) is 0 Å². The Labute approximate surface area is 281 Å². The van der Waals surface area contributed by atoms with Crippen LogP contribution in [0, 0.1) is 12.2 Å². The fraction of sp³-hybridized carbons (Fsp3) is 0.263. The van der Waals surface area contributed by atoms with Crippen LogP contribution in [0.5, 0.6) is 0 Å². The summed E-state index contributed by atoms with van der Waals surface area (Å²) in [4.78, 5) is 0. The number of fused-ring (bicyclic) bond motifs is 2. The Bertz CT molecular complexity index is 1330. The maximum Gasteiger partial charge on any atom is -1.00 e. The first-order chi connectivity index (χ1) is 19.5. The van der Waals surface area contributed by atoms with Gasteiger partial charge in [-0.1, -0.05) is 86.7 Å². The number of halogens is 2. The molecule has 2 aromatic carbocycles. The summed E-state index contributed by atoms with van der Waals surface area (Å²) in [5, 5.41) is 0. The van der Waals surface area contributed by atoms with Crippen LogP contribution in [-0.2, 0) is 23.0 Å². The van der Waals surface area contributed by atoms with E-state index < -0.39 is 0 Å². The van der Waals surface area contributed by atoms with Gasteiger partial charge >= 0.3 is 41.6 Å². The second kappa shape index (κ2) is 18.6. The molecule has 0 fully saturated rings. The summed E-state index contributed by atoms with van der Waals surface area (Å²) in [5.74, 6) is 0.959. The van der Waals surface area contributed by atoms with Gasteiger partial charge in [-0.05, 0) is 48.6 Å². The Kier molecular flexibility index (Phi) is 16.1. The van der Waals surface area contributed by atoms with Crippen molar-refractivity contribution in [1.82, 2.24) is 0 Å². The number of hydrogen-bond donors (Lipinski definition) is 0. The monoisotopic (exact) mass is 774 g/mol. The van der Waals surface area contributed by atoms with Crippen LogP contribution in [0.2, 0.25) is 13.1 Å². The van der Waals surface area contributed by atoms with Gasteiger partial charge in [-0.15, -0.1) is 47.6 Å². The molecule has 2 unspecified atom stereocenters. The van der Waals surface area contributed by atoms with E-state index in [1.165, 1.54) is 67.6 Å². The molecule has 0 amide bonds. The van der Waals surface area contributed by atoms with Gasteiger partial charge in [-0.2, -0.15) is 34.4 Å². The zero-order valence-electron chi connectivity index (χ0n) is 25.1. The van der Waals surface area contributed by atoms with Crippen LogP contribution in [0.1, 0.15) is 62.5 Å². The first-order valence-corrected chi connectivity index (χ1v) is 22.4. The van der Waals surface area contributed by atoms with Crippen molar-refractivity contribution >= 4 is 5.49 Å². The maximum absolute atomic E-state index is 3.52. The minimum absolute atomic E-state index is 0. The number of benzene rings is 2. The summed E-state index contributed by atoms with van der Waals surface area (Å²) in [6.07, 6.45) is 29.2. The normalized spacial score (nSPS) is 19.4. The minimum Gasteiger partial charge on any atom is -1.00 e. The van der Waals surface area contributed by atoms with Gasteiger partial charge in [0.05, 0.1) is 0 Å². The van der Waals surface area contributed by atoms with E-state index in [0.717, 1.165) is 25.7 Å². The van der Waals surface area contributed by atoms with E-state index >= 15 is 0 Å². The van der Waals surface area contributed by atoms with Crippen LogP contribution in [0.3, 0.4) is 0 Å². The third-order valence-corrected chi connectivity index (χ3v) is 7.33. The van der Waals surface area contributed by atoms with Gasteiger partial charge in [0.2, 0.25) is 0 Å². The average molecular weight is 774 g/mol. The fourth-order valence-electron chi connectivity index (χ4n) is 5.34. The predicted molar refractivity (Wildman–Crippen MR) is 170 cm³/mol. The van der Waals surface area contributed by atoms with Gasteiger partial charge in [0.15, 0.2) is 0 Å². The summed E-state index contributed by atoms with van der Waals surface area (Å²) < 4.78 is 0. The molecule has 4 aliphatic carbocycles. The van der Waals surface area contributed by atoms with Crippen molar-refractivity contribution in [3.63, 3.8) is 0 Å². The molecule has 2 atom stereocenters. The molecule has 0 saturated carbocycles. The third-order valence-electron chi connectivity index (χ3n) is 7.33. The van der Waals surface area contributed by atoms with Crippen molar-refractivity contribution < 1.29 is 47.8 Å². The Morgan fingerprint density at radius 3 is 1.36 bits per heavy atom. The van der Waals surface area contributed by atoms with Gasteiger partial charge in [0, 0.05) is 0 Å². The summed E-state index contributed by atoms with van der Waals surface area (Å²) in [6, 6.07) is 21.6. The largest absolute Gasteiger partial charge is 1.00 e. The van der Waals surface area contributed by atoms with Gasteiger partial charge in [-0.25, -0.2) is 0 Å². The number of allylic oxidation sites excluding steroid dienone is 16. The Balaban J connectivity index is 0.000000250. The molecule has 2 aromatic rings. The maximum atomic E-state index is 3.52. The second-order valence-corrected chi connectivity index (χ2v) is 23.4. The van der Waals surface area contributed by atoms with Crippen LogP contribution >= 0.6 is 0 Å². The van der Waals surface area contributed by atoms with Crippen LogP contribution < -0.4 is 24.8 Å². The summed E-state index contributed by atoms with van der Waals surface area (Å²) in [5.41, 5.74) is 11.1. The van der Waals surface area contributed by atoms with Crippen molar-refractivity contribution in [2.75, 3.05) is 0 Å². The van der Waals surface area contributed by atoms with Gasteiger partial charge in [0.25, 0.3) is 0 Å². The molecule has 6 rings (SSSR count). The Morgan fingerprint density at radius 2 is 1.02 bits per heavy atom. The Morgan fingerprint density at radius 1 is 0.667 bits per heavy atom. The van der Waals surface area contributed by atoms with Crippen molar-refractivity contribution in [3.8, 4) is 0 Å². The summed E-state index contributed by atoms with van der Waals surface area (Å²) in [6.45, 7) is 9.05. The molecule has 0 spiro atoms. The van der Waals surface area contributed by atoms with Crippen LogP contribution in [0.15, 0.2) is 143 Å².